The van der Waals surface area contributed by atoms with E-state index in [4.69, 9.17) is 5.73 Å². The fourth-order valence-corrected chi connectivity index (χ4v) is 5.42. The van der Waals surface area contributed by atoms with Gasteiger partial charge in [0.1, 0.15) is 28.8 Å². The number of nitrogens with one attached hydrogen (secondary N) is 1. The first-order valence-corrected chi connectivity index (χ1v) is 14.9. The van der Waals surface area contributed by atoms with E-state index in [0.717, 1.165) is 22.2 Å². The Hall–Kier alpha value is -4.83. The van der Waals surface area contributed by atoms with Crippen LogP contribution in [-0.4, -0.2) is 31.0 Å². The van der Waals surface area contributed by atoms with E-state index in [-0.39, 0.29) is 38.9 Å². The third-order valence-corrected chi connectivity index (χ3v) is 8.72. The van der Waals surface area contributed by atoms with E-state index in [9.17, 15) is 14.7 Å². The Morgan fingerprint density at radius 2 is 1.73 bits per heavy atom. The van der Waals surface area contributed by atoms with Gasteiger partial charge in [-0.3, -0.25) is 9.59 Å². The molecule has 1 atom stereocenters. The minimum absolute atomic E-state index is 0.0845. The molecular formula is C35H39FN6O3. The van der Waals surface area contributed by atoms with Crippen molar-refractivity contribution in [2.24, 2.45) is 12.8 Å². The predicted octanol–water partition coefficient (Wildman–Crippen LogP) is 5.97. The molecule has 4 N–H and O–H groups in total. The molecule has 0 fully saturated rings. The molecule has 2 aromatic carbocycles. The first-order chi connectivity index (χ1) is 21.2. The molecule has 3 heterocycles. The Labute approximate surface area is 261 Å². The van der Waals surface area contributed by atoms with Gasteiger partial charge in [0.15, 0.2) is 0 Å². The largest absolute Gasteiger partial charge is 0.505 e. The standard InChI is InChI=1S/C35H39FN6O3/c1-8-35(6,19-37)23-10-12-28(38-17-23)40-26-14-22(18-41(7)32(26)44)29-20(2)9-11-27(31(29)43)42-33(45)30-21(16-39-42)13-24(15-25(30)36)34(3,4)5/h9-18,43H,8,19,37H2,1-7H3,(H,38,40). The zero-order valence-corrected chi connectivity index (χ0v) is 26.7. The van der Waals surface area contributed by atoms with Crippen LogP contribution < -0.4 is 22.2 Å². The lowest BCUT2D eigenvalue weighted by Gasteiger charge is -2.26. The summed E-state index contributed by atoms with van der Waals surface area (Å²) in [6, 6.07) is 11.8. The van der Waals surface area contributed by atoms with Gasteiger partial charge in [-0.1, -0.05) is 46.8 Å². The molecule has 1 unspecified atom stereocenters. The van der Waals surface area contributed by atoms with Crippen molar-refractivity contribution in [1.29, 1.82) is 0 Å². The Morgan fingerprint density at radius 1 is 1.00 bits per heavy atom. The number of anilines is 2. The van der Waals surface area contributed by atoms with Crippen LogP contribution in [0.3, 0.4) is 0 Å². The lowest BCUT2D eigenvalue weighted by atomic mass is 9.81. The summed E-state index contributed by atoms with van der Waals surface area (Å²) < 4.78 is 17.7. The lowest BCUT2D eigenvalue weighted by molar-refractivity contribution is 0.465. The fraction of sp³-hybridized carbons (Fsp3) is 0.314. The van der Waals surface area contributed by atoms with Crippen molar-refractivity contribution in [2.45, 2.75) is 58.8 Å². The smallest absolute Gasteiger partial charge is 0.282 e. The van der Waals surface area contributed by atoms with Gasteiger partial charge in [-0.2, -0.15) is 9.78 Å². The van der Waals surface area contributed by atoms with Crippen LogP contribution >= 0.6 is 0 Å². The van der Waals surface area contributed by atoms with E-state index < -0.39 is 11.4 Å². The zero-order valence-electron chi connectivity index (χ0n) is 26.7. The Bertz CT molecular complexity index is 2040. The Morgan fingerprint density at radius 3 is 2.36 bits per heavy atom. The molecule has 9 nitrogen and oxygen atoms in total. The highest BCUT2D eigenvalue weighted by Gasteiger charge is 2.24. The molecular weight excluding hydrogens is 571 g/mol. The molecule has 0 spiro atoms. The molecule has 234 valence electrons. The molecule has 0 amide bonds. The van der Waals surface area contributed by atoms with E-state index in [0.29, 0.717) is 34.4 Å². The fourth-order valence-electron chi connectivity index (χ4n) is 5.42. The van der Waals surface area contributed by atoms with Crippen LogP contribution in [0.15, 0.2) is 70.6 Å². The average molecular weight is 611 g/mol. The normalized spacial score (nSPS) is 13.2. The van der Waals surface area contributed by atoms with Crippen LogP contribution in [-0.2, 0) is 17.9 Å². The van der Waals surface area contributed by atoms with E-state index in [1.54, 1.807) is 49.8 Å². The van der Waals surface area contributed by atoms with Crippen molar-refractivity contribution >= 4 is 22.3 Å². The lowest BCUT2D eigenvalue weighted by Crippen LogP contribution is -2.31. The van der Waals surface area contributed by atoms with Crippen LogP contribution in [0, 0.1) is 12.7 Å². The summed E-state index contributed by atoms with van der Waals surface area (Å²) in [5, 5.41) is 19.2. The quantitative estimate of drug-likeness (QED) is 0.207. The second-order valence-electron chi connectivity index (χ2n) is 12.9. The van der Waals surface area contributed by atoms with E-state index in [2.05, 4.69) is 29.2 Å². The van der Waals surface area contributed by atoms with Gasteiger partial charge < -0.3 is 20.7 Å². The number of hydrogen-bond acceptors (Lipinski definition) is 7. The summed E-state index contributed by atoms with van der Waals surface area (Å²) in [5.41, 5.74) is 8.17. The van der Waals surface area contributed by atoms with Crippen LogP contribution in [0.25, 0.3) is 27.6 Å². The number of aryl methyl sites for hydroxylation is 2. The summed E-state index contributed by atoms with van der Waals surface area (Å²) in [5.74, 6) is -0.409. The van der Waals surface area contributed by atoms with Crippen molar-refractivity contribution in [3.05, 3.63) is 104 Å². The molecule has 5 rings (SSSR count). The second-order valence-corrected chi connectivity index (χ2v) is 12.9. The van der Waals surface area contributed by atoms with Crippen molar-refractivity contribution in [1.82, 2.24) is 19.3 Å². The van der Waals surface area contributed by atoms with E-state index in [1.165, 1.54) is 16.8 Å². The minimum Gasteiger partial charge on any atom is -0.505 e. The van der Waals surface area contributed by atoms with Crippen LogP contribution in [0.1, 0.15) is 57.7 Å². The van der Waals surface area contributed by atoms with E-state index >= 15 is 4.39 Å². The van der Waals surface area contributed by atoms with Crippen molar-refractivity contribution < 1.29 is 9.50 Å². The summed E-state index contributed by atoms with van der Waals surface area (Å²) in [7, 11) is 1.61. The molecule has 0 radical (unpaired) electrons. The number of phenols is 1. The zero-order chi connectivity index (χ0) is 32.8. The highest BCUT2D eigenvalue weighted by atomic mass is 19.1. The third kappa shape index (κ3) is 5.73. The third-order valence-electron chi connectivity index (χ3n) is 8.72. The van der Waals surface area contributed by atoms with Gasteiger partial charge in [0.25, 0.3) is 11.1 Å². The first-order valence-electron chi connectivity index (χ1n) is 14.9. The van der Waals surface area contributed by atoms with Gasteiger partial charge in [0, 0.05) is 47.9 Å². The number of pyridine rings is 2. The number of rotatable bonds is 7. The molecule has 3 aromatic heterocycles. The minimum atomic E-state index is -0.693. The van der Waals surface area contributed by atoms with Crippen LogP contribution in [0.5, 0.6) is 5.75 Å². The highest BCUT2D eigenvalue weighted by molar-refractivity contribution is 5.84. The summed E-state index contributed by atoms with van der Waals surface area (Å²) in [6.07, 6.45) is 5.65. The van der Waals surface area contributed by atoms with Crippen molar-refractivity contribution in [3.63, 3.8) is 0 Å². The molecule has 10 heteroatoms. The molecule has 0 aliphatic heterocycles. The number of nitrogens with two attached hydrogens (primary N) is 1. The maximum atomic E-state index is 15.3. The number of nitrogens with zero attached hydrogens (tertiary/aromatic N) is 4. The number of benzene rings is 2. The number of halogens is 1. The first kappa shape index (κ1) is 31.6. The highest BCUT2D eigenvalue weighted by Crippen LogP contribution is 2.38. The SMILES string of the molecule is CCC(C)(CN)c1ccc(Nc2cc(-c3c(C)ccc(-n4ncc5cc(C(C)(C)C)cc(F)c5c4=O)c3O)cn(C)c2=O)nc1. The molecule has 45 heavy (non-hydrogen) atoms. The summed E-state index contributed by atoms with van der Waals surface area (Å²) in [6.45, 7) is 12.3. The topological polar surface area (TPSA) is 128 Å². The van der Waals surface area contributed by atoms with Crippen LogP contribution in [0.4, 0.5) is 15.9 Å². The molecule has 5 aromatic rings. The molecule has 0 aliphatic carbocycles. The predicted molar refractivity (Wildman–Crippen MR) is 177 cm³/mol. The molecule has 0 saturated heterocycles. The van der Waals surface area contributed by atoms with Gasteiger partial charge >= 0.3 is 0 Å². The molecule has 0 aliphatic rings. The summed E-state index contributed by atoms with van der Waals surface area (Å²) in [4.78, 5) is 31.2. The monoisotopic (exact) mass is 610 g/mol. The van der Waals surface area contributed by atoms with Gasteiger partial charge in [-0.25, -0.2) is 9.37 Å². The Kier molecular flexibility index (Phi) is 8.14. The summed E-state index contributed by atoms with van der Waals surface area (Å²) >= 11 is 0. The molecule has 0 saturated carbocycles. The van der Waals surface area contributed by atoms with Crippen LogP contribution in [0.2, 0.25) is 0 Å². The van der Waals surface area contributed by atoms with Crippen molar-refractivity contribution in [3.8, 4) is 22.6 Å². The van der Waals surface area contributed by atoms with Gasteiger partial charge in [-0.15, -0.1) is 0 Å². The maximum Gasteiger partial charge on any atom is 0.282 e. The van der Waals surface area contributed by atoms with E-state index in [1.807, 2.05) is 33.8 Å². The van der Waals surface area contributed by atoms with Gasteiger partial charge in [-0.05, 0) is 65.8 Å². The number of phenolic OH excluding ortho intramolecular Hbond substituents is 1. The second kappa shape index (κ2) is 11.6. The van der Waals surface area contributed by atoms with Gasteiger partial charge in [0.05, 0.1) is 11.6 Å². The van der Waals surface area contributed by atoms with Gasteiger partial charge in [0.2, 0.25) is 0 Å². The average Bonchev–Trinajstić information content (AvgIpc) is 2.99. The number of aromatic nitrogens is 4. The Balaban J connectivity index is 1.58. The number of fused-ring (bicyclic) bond motifs is 1. The maximum absolute atomic E-state index is 15.3. The molecule has 0 bridgehead atoms. The van der Waals surface area contributed by atoms with Crippen molar-refractivity contribution in [2.75, 3.05) is 11.9 Å². The number of hydrogen-bond donors (Lipinski definition) is 3. The number of aromatic hydroxyl groups is 1.